The zero-order chi connectivity index (χ0) is 13.9. The summed E-state index contributed by atoms with van der Waals surface area (Å²) >= 11 is 0. The summed E-state index contributed by atoms with van der Waals surface area (Å²) in [6.45, 7) is 5.37. The Kier molecular flexibility index (Phi) is 3.82. The predicted molar refractivity (Wildman–Crippen MR) is 76.3 cm³/mol. The monoisotopic (exact) mass is 277 g/mol. The molecule has 2 aromatic heterocycles. The van der Waals surface area contributed by atoms with Crippen molar-refractivity contribution in [3.8, 4) is 0 Å². The van der Waals surface area contributed by atoms with Crippen molar-refractivity contribution in [1.29, 1.82) is 0 Å². The SMILES string of the molecule is CC(CNc1nc2ccc(F)cn2n1)N1CCCCC1. The van der Waals surface area contributed by atoms with E-state index in [0.717, 1.165) is 6.54 Å². The Bertz CT molecular complexity index is 576. The first kappa shape index (κ1) is 13.3. The van der Waals surface area contributed by atoms with Gasteiger partial charge in [-0.15, -0.1) is 5.10 Å². The highest BCUT2D eigenvalue weighted by Gasteiger charge is 2.16. The van der Waals surface area contributed by atoms with Crippen LogP contribution < -0.4 is 5.32 Å². The van der Waals surface area contributed by atoms with E-state index in [2.05, 4.69) is 27.2 Å². The van der Waals surface area contributed by atoms with Gasteiger partial charge >= 0.3 is 0 Å². The van der Waals surface area contributed by atoms with Crippen molar-refractivity contribution in [2.75, 3.05) is 25.0 Å². The Hall–Kier alpha value is -1.69. The molecule has 1 saturated heterocycles. The van der Waals surface area contributed by atoms with Crippen molar-refractivity contribution in [1.82, 2.24) is 19.5 Å². The standard InChI is InChI=1S/C14H20FN5/c1-11(19-7-3-2-4-8-19)9-16-14-17-13-6-5-12(15)10-20(13)18-14/h5-6,10-11H,2-4,7-9H2,1H3,(H,16,18). The Morgan fingerprint density at radius 1 is 1.30 bits per heavy atom. The summed E-state index contributed by atoms with van der Waals surface area (Å²) in [5, 5.41) is 7.47. The lowest BCUT2D eigenvalue weighted by Crippen LogP contribution is -2.41. The maximum absolute atomic E-state index is 13.1. The number of hydrogen-bond acceptors (Lipinski definition) is 4. The van der Waals surface area contributed by atoms with E-state index in [1.807, 2.05) is 0 Å². The van der Waals surface area contributed by atoms with Gasteiger partial charge in [-0.2, -0.15) is 4.98 Å². The maximum Gasteiger partial charge on any atom is 0.243 e. The number of likely N-dealkylation sites (tertiary alicyclic amines) is 1. The Morgan fingerprint density at radius 2 is 2.10 bits per heavy atom. The molecule has 3 heterocycles. The van der Waals surface area contributed by atoms with Gasteiger partial charge in [-0.1, -0.05) is 6.42 Å². The smallest absolute Gasteiger partial charge is 0.243 e. The fraction of sp³-hybridized carbons (Fsp3) is 0.571. The third-order valence-electron chi connectivity index (χ3n) is 3.86. The maximum atomic E-state index is 13.1. The molecule has 1 unspecified atom stereocenters. The van der Waals surface area contributed by atoms with Gasteiger partial charge in [0.05, 0.1) is 6.20 Å². The van der Waals surface area contributed by atoms with E-state index in [1.165, 1.54) is 49.1 Å². The first-order valence-corrected chi connectivity index (χ1v) is 7.22. The molecule has 3 rings (SSSR count). The van der Waals surface area contributed by atoms with Gasteiger partial charge in [-0.05, 0) is 45.0 Å². The van der Waals surface area contributed by atoms with Crippen LogP contribution in [0.5, 0.6) is 0 Å². The largest absolute Gasteiger partial charge is 0.351 e. The average molecular weight is 277 g/mol. The molecule has 1 N–H and O–H groups in total. The first-order chi connectivity index (χ1) is 9.72. The number of pyridine rings is 1. The molecule has 0 spiro atoms. The van der Waals surface area contributed by atoms with Crippen LogP contribution in [0.15, 0.2) is 18.3 Å². The number of nitrogens with one attached hydrogen (secondary N) is 1. The predicted octanol–water partition coefficient (Wildman–Crippen LogP) is 2.15. The molecule has 0 radical (unpaired) electrons. The fourth-order valence-corrected chi connectivity index (χ4v) is 2.66. The van der Waals surface area contributed by atoms with Crippen LogP contribution in [-0.2, 0) is 0 Å². The van der Waals surface area contributed by atoms with Gasteiger partial charge in [-0.25, -0.2) is 8.91 Å². The topological polar surface area (TPSA) is 45.5 Å². The van der Waals surface area contributed by atoms with Gasteiger partial charge in [0, 0.05) is 12.6 Å². The number of rotatable bonds is 4. The second-order valence-electron chi connectivity index (χ2n) is 5.41. The van der Waals surface area contributed by atoms with E-state index in [1.54, 1.807) is 6.07 Å². The van der Waals surface area contributed by atoms with Crippen molar-refractivity contribution in [2.24, 2.45) is 0 Å². The number of hydrogen-bond donors (Lipinski definition) is 1. The minimum atomic E-state index is -0.310. The normalized spacial score (nSPS) is 18.3. The van der Waals surface area contributed by atoms with Gasteiger partial charge < -0.3 is 5.32 Å². The summed E-state index contributed by atoms with van der Waals surface area (Å²) in [5.41, 5.74) is 0.652. The minimum absolute atomic E-state index is 0.310. The van der Waals surface area contributed by atoms with Crippen molar-refractivity contribution >= 4 is 11.6 Å². The van der Waals surface area contributed by atoms with Crippen LogP contribution in [0.3, 0.4) is 0 Å². The molecule has 2 aromatic rings. The van der Waals surface area contributed by atoms with Crippen LogP contribution in [0.4, 0.5) is 10.3 Å². The molecule has 1 fully saturated rings. The van der Waals surface area contributed by atoms with Crippen molar-refractivity contribution < 1.29 is 4.39 Å². The van der Waals surface area contributed by atoms with E-state index in [9.17, 15) is 4.39 Å². The molecule has 108 valence electrons. The number of anilines is 1. The van der Waals surface area contributed by atoms with Crippen LogP contribution in [0.2, 0.25) is 0 Å². The van der Waals surface area contributed by atoms with Crippen LogP contribution in [0.25, 0.3) is 5.65 Å². The molecule has 1 atom stereocenters. The fourth-order valence-electron chi connectivity index (χ4n) is 2.66. The quantitative estimate of drug-likeness (QED) is 0.930. The molecule has 20 heavy (non-hydrogen) atoms. The van der Waals surface area contributed by atoms with Crippen LogP contribution in [0.1, 0.15) is 26.2 Å². The highest BCUT2D eigenvalue weighted by Crippen LogP contribution is 2.13. The average Bonchev–Trinajstić information content (AvgIpc) is 2.87. The van der Waals surface area contributed by atoms with E-state index in [4.69, 9.17) is 0 Å². The number of piperidine rings is 1. The minimum Gasteiger partial charge on any atom is -0.351 e. The zero-order valence-corrected chi connectivity index (χ0v) is 11.7. The lowest BCUT2D eigenvalue weighted by Gasteiger charge is -2.32. The van der Waals surface area contributed by atoms with E-state index in [-0.39, 0.29) is 5.82 Å². The lowest BCUT2D eigenvalue weighted by atomic mass is 10.1. The van der Waals surface area contributed by atoms with E-state index >= 15 is 0 Å². The lowest BCUT2D eigenvalue weighted by molar-refractivity contribution is 0.180. The first-order valence-electron chi connectivity index (χ1n) is 7.22. The molecule has 1 aliphatic rings. The summed E-state index contributed by atoms with van der Waals surface area (Å²) in [4.78, 5) is 6.82. The summed E-state index contributed by atoms with van der Waals surface area (Å²) in [6.07, 6.45) is 5.25. The summed E-state index contributed by atoms with van der Waals surface area (Å²) < 4.78 is 14.5. The number of halogens is 1. The second kappa shape index (κ2) is 5.75. The number of aromatic nitrogens is 3. The molecule has 5 nitrogen and oxygen atoms in total. The molecule has 1 aliphatic heterocycles. The van der Waals surface area contributed by atoms with E-state index < -0.39 is 0 Å². The van der Waals surface area contributed by atoms with E-state index in [0.29, 0.717) is 17.6 Å². The summed E-state index contributed by atoms with van der Waals surface area (Å²) in [5.74, 6) is 0.245. The van der Waals surface area contributed by atoms with Gasteiger partial charge in [0.15, 0.2) is 5.65 Å². The number of nitrogens with zero attached hydrogens (tertiary/aromatic N) is 4. The van der Waals surface area contributed by atoms with Gasteiger partial charge in [-0.3, -0.25) is 4.90 Å². The Balaban J connectivity index is 1.61. The molecule has 0 amide bonds. The molecule has 0 aromatic carbocycles. The third-order valence-corrected chi connectivity index (χ3v) is 3.86. The van der Waals surface area contributed by atoms with Crippen molar-refractivity contribution in [3.63, 3.8) is 0 Å². The van der Waals surface area contributed by atoms with Crippen molar-refractivity contribution in [3.05, 3.63) is 24.1 Å². The van der Waals surface area contributed by atoms with Crippen LogP contribution >= 0.6 is 0 Å². The zero-order valence-electron chi connectivity index (χ0n) is 11.7. The highest BCUT2D eigenvalue weighted by molar-refractivity contribution is 5.43. The van der Waals surface area contributed by atoms with Crippen LogP contribution in [0, 0.1) is 5.82 Å². The molecule has 0 saturated carbocycles. The second-order valence-corrected chi connectivity index (χ2v) is 5.41. The molecular formula is C14H20FN5. The molecule has 6 heteroatoms. The van der Waals surface area contributed by atoms with Gasteiger partial charge in [0.1, 0.15) is 5.82 Å². The third kappa shape index (κ3) is 2.90. The highest BCUT2D eigenvalue weighted by atomic mass is 19.1. The number of fused-ring (bicyclic) bond motifs is 1. The van der Waals surface area contributed by atoms with Gasteiger partial charge in [0.2, 0.25) is 5.95 Å². The molecule has 0 bridgehead atoms. The van der Waals surface area contributed by atoms with Crippen LogP contribution in [-0.4, -0.2) is 45.2 Å². The van der Waals surface area contributed by atoms with Crippen molar-refractivity contribution in [2.45, 2.75) is 32.2 Å². The Labute approximate surface area is 117 Å². The molecular weight excluding hydrogens is 257 g/mol. The molecule has 0 aliphatic carbocycles. The summed E-state index contributed by atoms with van der Waals surface area (Å²) in [7, 11) is 0. The summed E-state index contributed by atoms with van der Waals surface area (Å²) in [6, 6.07) is 3.48. The Morgan fingerprint density at radius 3 is 2.90 bits per heavy atom. The van der Waals surface area contributed by atoms with Gasteiger partial charge in [0.25, 0.3) is 0 Å².